The number of carbonyl (C=O) groups excluding carboxylic acids is 2. The molecule has 3 nitrogen and oxygen atoms in total. The van der Waals surface area contributed by atoms with Gasteiger partial charge < -0.3 is 5.32 Å². The van der Waals surface area contributed by atoms with Gasteiger partial charge in [0.25, 0.3) is 0 Å². The first-order chi connectivity index (χ1) is 8.17. The largest absolute Gasteiger partial charge is 0.326 e. The zero-order valence-corrected chi connectivity index (χ0v) is 10.2. The van der Waals surface area contributed by atoms with Crippen LogP contribution in [0.2, 0.25) is 0 Å². The fraction of sp³-hybridized carbons (Fsp3) is 0.357. The molecule has 0 aliphatic heterocycles. The first-order valence-electron chi connectivity index (χ1n) is 5.89. The number of anilines is 1. The third kappa shape index (κ3) is 4.39. The quantitative estimate of drug-likeness (QED) is 0.765. The Balaban J connectivity index is 2.65. The van der Waals surface area contributed by atoms with Crippen LogP contribution in [0.1, 0.15) is 43.0 Å². The van der Waals surface area contributed by atoms with Gasteiger partial charge in [-0.1, -0.05) is 25.5 Å². The number of ketones is 1. The molecule has 1 rings (SSSR count). The van der Waals surface area contributed by atoms with Gasteiger partial charge in [-0.15, -0.1) is 0 Å². The summed E-state index contributed by atoms with van der Waals surface area (Å²) >= 11 is 0. The topological polar surface area (TPSA) is 46.2 Å². The molecule has 0 spiro atoms. The number of carbonyl (C=O) groups is 2. The van der Waals surface area contributed by atoms with E-state index in [0.717, 1.165) is 12.8 Å². The van der Waals surface area contributed by atoms with Crippen molar-refractivity contribution < 1.29 is 9.59 Å². The minimum atomic E-state index is -0.0188. The number of hydrogen-bond donors (Lipinski definition) is 1. The summed E-state index contributed by atoms with van der Waals surface area (Å²) in [5, 5.41) is 2.78. The Morgan fingerprint density at radius 2 is 2.12 bits per heavy atom. The number of amides is 1. The first kappa shape index (κ1) is 13.4. The van der Waals surface area contributed by atoms with Gasteiger partial charge in [-0.2, -0.15) is 0 Å². The Morgan fingerprint density at radius 1 is 1.35 bits per heavy atom. The molecule has 1 radical (unpaired) electrons. The number of nitrogens with one attached hydrogen (secondary N) is 1. The summed E-state index contributed by atoms with van der Waals surface area (Å²) in [4.78, 5) is 23.0. The van der Waals surface area contributed by atoms with Crippen LogP contribution < -0.4 is 5.32 Å². The SMILES string of the molecule is [CH2]CC(=O)c1cccc(NC(=O)CCCC)c1. The van der Waals surface area contributed by atoms with Crippen LogP contribution in [-0.2, 0) is 4.79 Å². The highest BCUT2D eigenvalue weighted by atomic mass is 16.1. The molecular weight excluding hydrogens is 214 g/mol. The smallest absolute Gasteiger partial charge is 0.224 e. The molecule has 1 aromatic carbocycles. The zero-order chi connectivity index (χ0) is 12.7. The van der Waals surface area contributed by atoms with E-state index in [1.54, 1.807) is 24.3 Å². The molecule has 17 heavy (non-hydrogen) atoms. The molecule has 3 heteroatoms. The summed E-state index contributed by atoms with van der Waals surface area (Å²) in [5.74, 6) is -0.0271. The summed E-state index contributed by atoms with van der Waals surface area (Å²) < 4.78 is 0. The molecule has 0 unspecified atom stereocenters. The predicted molar refractivity (Wildman–Crippen MR) is 68.9 cm³/mol. The third-order valence-corrected chi connectivity index (χ3v) is 2.45. The van der Waals surface area contributed by atoms with E-state index in [1.807, 2.05) is 6.92 Å². The van der Waals surface area contributed by atoms with Crippen LogP contribution in [0.5, 0.6) is 0 Å². The van der Waals surface area contributed by atoms with E-state index >= 15 is 0 Å². The zero-order valence-electron chi connectivity index (χ0n) is 10.2. The highest BCUT2D eigenvalue weighted by Crippen LogP contribution is 2.13. The number of rotatable bonds is 6. The second kappa shape index (κ2) is 6.84. The number of benzene rings is 1. The molecule has 1 N–H and O–H groups in total. The van der Waals surface area contributed by atoms with Crippen molar-refractivity contribution in [3.8, 4) is 0 Å². The lowest BCUT2D eigenvalue weighted by atomic mass is 10.1. The Hall–Kier alpha value is -1.64. The van der Waals surface area contributed by atoms with Crippen LogP contribution in [0.3, 0.4) is 0 Å². The average Bonchev–Trinajstić information content (AvgIpc) is 2.35. The van der Waals surface area contributed by atoms with E-state index in [0.29, 0.717) is 17.7 Å². The summed E-state index contributed by atoms with van der Waals surface area (Å²) in [6, 6.07) is 6.97. The lowest BCUT2D eigenvalue weighted by Crippen LogP contribution is -2.11. The minimum absolute atomic E-state index is 0.00827. The van der Waals surface area contributed by atoms with Crippen molar-refractivity contribution >= 4 is 17.4 Å². The van der Waals surface area contributed by atoms with Crippen molar-refractivity contribution in [1.82, 2.24) is 0 Å². The van der Waals surface area contributed by atoms with E-state index in [2.05, 4.69) is 12.2 Å². The average molecular weight is 232 g/mol. The molecule has 1 amide bonds. The Labute approximate surface area is 102 Å². The van der Waals surface area contributed by atoms with Crippen LogP contribution in [0, 0.1) is 6.92 Å². The molecule has 0 aliphatic rings. The molecule has 0 aliphatic carbocycles. The molecule has 0 atom stereocenters. The van der Waals surface area contributed by atoms with Crippen LogP contribution in [0.4, 0.5) is 5.69 Å². The minimum Gasteiger partial charge on any atom is -0.326 e. The lowest BCUT2D eigenvalue weighted by Gasteiger charge is -2.06. The maximum absolute atomic E-state index is 11.5. The maximum Gasteiger partial charge on any atom is 0.224 e. The van der Waals surface area contributed by atoms with Gasteiger partial charge in [-0.05, 0) is 25.5 Å². The summed E-state index contributed by atoms with van der Waals surface area (Å²) in [6.07, 6.45) is 2.62. The van der Waals surface area contributed by atoms with Crippen molar-refractivity contribution in [2.75, 3.05) is 5.32 Å². The van der Waals surface area contributed by atoms with Crippen LogP contribution in [-0.4, -0.2) is 11.7 Å². The van der Waals surface area contributed by atoms with Gasteiger partial charge in [0, 0.05) is 24.1 Å². The van der Waals surface area contributed by atoms with Crippen molar-refractivity contribution in [2.24, 2.45) is 0 Å². The van der Waals surface area contributed by atoms with Crippen LogP contribution >= 0.6 is 0 Å². The van der Waals surface area contributed by atoms with E-state index in [9.17, 15) is 9.59 Å². The Morgan fingerprint density at radius 3 is 2.76 bits per heavy atom. The molecule has 0 heterocycles. The number of unbranched alkanes of at least 4 members (excludes halogenated alkanes) is 1. The normalized spacial score (nSPS) is 10.0. The van der Waals surface area contributed by atoms with Gasteiger partial charge in [0.05, 0.1) is 0 Å². The highest BCUT2D eigenvalue weighted by Gasteiger charge is 2.05. The molecular formula is C14H18NO2. The van der Waals surface area contributed by atoms with Crippen molar-refractivity contribution in [3.05, 3.63) is 36.8 Å². The van der Waals surface area contributed by atoms with Gasteiger partial charge in [-0.25, -0.2) is 0 Å². The van der Waals surface area contributed by atoms with E-state index in [1.165, 1.54) is 0 Å². The van der Waals surface area contributed by atoms with Crippen LogP contribution in [0.15, 0.2) is 24.3 Å². The second-order valence-corrected chi connectivity index (χ2v) is 3.91. The first-order valence-corrected chi connectivity index (χ1v) is 5.89. The molecule has 0 saturated heterocycles. The fourth-order valence-electron chi connectivity index (χ4n) is 1.48. The van der Waals surface area contributed by atoms with Crippen LogP contribution in [0.25, 0.3) is 0 Å². The van der Waals surface area contributed by atoms with E-state index < -0.39 is 0 Å². The molecule has 0 fully saturated rings. The predicted octanol–water partition coefficient (Wildman–Crippen LogP) is 3.22. The molecule has 0 aromatic heterocycles. The summed E-state index contributed by atoms with van der Waals surface area (Å²) in [5.41, 5.74) is 1.26. The third-order valence-electron chi connectivity index (χ3n) is 2.45. The maximum atomic E-state index is 11.5. The highest BCUT2D eigenvalue weighted by molar-refractivity contribution is 5.98. The van der Waals surface area contributed by atoms with Crippen molar-refractivity contribution in [2.45, 2.75) is 32.6 Å². The Bertz CT molecular complexity index is 399. The fourth-order valence-corrected chi connectivity index (χ4v) is 1.48. The lowest BCUT2D eigenvalue weighted by molar-refractivity contribution is -0.116. The number of Topliss-reactive ketones (excluding diaryl/α,β-unsaturated/α-hetero) is 1. The standard InChI is InChI=1S/C14H18NO2/c1-3-5-9-14(17)15-12-8-6-7-11(10-12)13(16)4-2/h6-8,10H,2-5,9H2,1H3,(H,15,17). The number of hydrogen-bond acceptors (Lipinski definition) is 2. The van der Waals surface area contributed by atoms with Crippen molar-refractivity contribution in [3.63, 3.8) is 0 Å². The van der Waals surface area contributed by atoms with E-state index in [4.69, 9.17) is 0 Å². The monoisotopic (exact) mass is 232 g/mol. The van der Waals surface area contributed by atoms with Crippen molar-refractivity contribution in [1.29, 1.82) is 0 Å². The summed E-state index contributed by atoms with van der Waals surface area (Å²) in [6.45, 7) is 5.60. The molecule has 91 valence electrons. The molecule has 0 saturated carbocycles. The van der Waals surface area contributed by atoms with Gasteiger partial charge >= 0.3 is 0 Å². The van der Waals surface area contributed by atoms with Gasteiger partial charge in [-0.3, -0.25) is 9.59 Å². The van der Waals surface area contributed by atoms with Gasteiger partial charge in [0.2, 0.25) is 5.91 Å². The molecule has 1 aromatic rings. The van der Waals surface area contributed by atoms with E-state index in [-0.39, 0.29) is 18.1 Å². The molecule has 0 bridgehead atoms. The van der Waals surface area contributed by atoms with Gasteiger partial charge in [0.1, 0.15) is 0 Å². The van der Waals surface area contributed by atoms with Gasteiger partial charge in [0.15, 0.2) is 5.78 Å². The Kier molecular flexibility index (Phi) is 5.40. The summed E-state index contributed by atoms with van der Waals surface area (Å²) in [7, 11) is 0. The second-order valence-electron chi connectivity index (χ2n) is 3.91.